The quantitative estimate of drug-likeness (QED) is 0.493. The molecule has 0 spiro atoms. The van der Waals surface area contributed by atoms with Gasteiger partial charge in [0.2, 0.25) is 5.75 Å². The van der Waals surface area contributed by atoms with Gasteiger partial charge >= 0.3 is 0 Å². The largest absolute Gasteiger partial charge is 0.493 e. The van der Waals surface area contributed by atoms with Crippen molar-refractivity contribution in [1.29, 1.82) is 0 Å². The lowest BCUT2D eigenvalue weighted by molar-refractivity contribution is 0.112. The maximum Gasteiger partial charge on any atom is 0.203 e. The lowest BCUT2D eigenvalue weighted by Crippen LogP contribution is -2.01. The summed E-state index contributed by atoms with van der Waals surface area (Å²) in [6.45, 7) is 6.72. The van der Waals surface area contributed by atoms with Gasteiger partial charge in [0.1, 0.15) is 12.9 Å². The van der Waals surface area contributed by atoms with Gasteiger partial charge in [0.25, 0.3) is 0 Å². The van der Waals surface area contributed by atoms with Gasteiger partial charge in [-0.1, -0.05) is 17.2 Å². The van der Waals surface area contributed by atoms with Gasteiger partial charge in [0.05, 0.1) is 14.2 Å². The van der Waals surface area contributed by atoms with E-state index in [0.29, 0.717) is 29.4 Å². The van der Waals surface area contributed by atoms with E-state index in [4.69, 9.17) is 14.2 Å². The first kappa shape index (κ1) is 18.8. The number of rotatable bonds is 9. The molecule has 1 aromatic rings. The van der Waals surface area contributed by atoms with Crippen molar-refractivity contribution in [3.05, 3.63) is 41.0 Å². The van der Waals surface area contributed by atoms with Crippen LogP contribution in [0, 0.1) is 0 Å². The molecule has 0 unspecified atom stereocenters. The number of hydrogen-bond acceptors (Lipinski definition) is 4. The van der Waals surface area contributed by atoms with E-state index in [1.165, 1.54) is 25.4 Å². The van der Waals surface area contributed by atoms with Crippen LogP contribution in [0.5, 0.6) is 17.2 Å². The summed E-state index contributed by atoms with van der Waals surface area (Å²) in [6, 6.07) is 3.27. The first-order chi connectivity index (χ1) is 11.0. The molecule has 0 amide bonds. The second-order valence-corrected chi connectivity index (χ2v) is 5.55. The number of carbonyl (C=O) groups excluding carboxylic acids is 1. The highest BCUT2D eigenvalue weighted by molar-refractivity contribution is 5.78. The van der Waals surface area contributed by atoms with E-state index in [1.54, 1.807) is 12.1 Å². The maximum absolute atomic E-state index is 10.9. The van der Waals surface area contributed by atoms with Crippen LogP contribution >= 0.6 is 0 Å². The van der Waals surface area contributed by atoms with Crippen molar-refractivity contribution in [2.24, 2.45) is 0 Å². The first-order valence-corrected chi connectivity index (χ1v) is 7.64. The summed E-state index contributed by atoms with van der Waals surface area (Å²) in [6.07, 6.45) is 7.06. The molecule has 4 heteroatoms. The summed E-state index contributed by atoms with van der Waals surface area (Å²) in [4.78, 5) is 10.9. The van der Waals surface area contributed by atoms with Crippen LogP contribution in [-0.4, -0.2) is 27.1 Å². The number of ether oxygens (including phenoxy) is 3. The summed E-state index contributed by atoms with van der Waals surface area (Å²) in [5, 5.41) is 0. The normalized spacial score (nSPS) is 10.9. The molecular weight excluding hydrogens is 292 g/mol. The van der Waals surface area contributed by atoms with Gasteiger partial charge in [-0.2, -0.15) is 0 Å². The molecule has 0 N–H and O–H groups in total. The average molecular weight is 318 g/mol. The molecule has 0 aromatic heterocycles. The van der Waals surface area contributed by atoms with Crippen LogP contribution in [0.2, 0.25) is 0 Å². The summed E-state index contributed by atoms with van der Waals surface area (Å²) >= 11 is 0. The Balaban J connectivity index is 2.76. The third kappa shape index (κ3) is 6.19. The fourth-order valence-corrected chi connectivity index (χ4v) is 2.07. The summed E-state index contributed by atoms with van der Waals surface area (Å²) in [5.41, 5.74) is 3.09. The SMILES string of the molecule is COc1cc(C=O)cc(OC)c1OC/C=C(\C)CCC=C(C)C. The van der Waals surface area contributed by atoms with E-state index in [2.05, 4.69) is 26.8 Å². The van der Waals surface area contributed by atoms with Crippen LogP contribution in [-0.2, 0) is 0 Å². The molecular formula is C19H26O4. The second kappa shape index (κ2) is 9.72. The van der Waals surface area contributed by atoms with Gasteiger partial charge in [0, 0.05) is 5.56 Å². The minimum Gasteiger partial charge on any atom is -0.493 e. The molecule has 0 aliphatic carbocycles. The lowest BCUT2D eigenvalue weighted by atomic mass is 10.1. The van der Waals surface area contributed by atoms with Gasteiger partial charge in [0.15, 0.2) is 11.5 Å². The summed E-state index contributed by atoms with van der Waals surface area (Å²) in [5.74, 6) is 1.48. The van der Waals surface area contributed by atoms with Gasteiger partial charge < -0.3 is 14.2 Å². The van der Waals surface area contributed by atoms with Crippen LogP contribution in [0.1, 0.15) is 44.0 Å². The standard InChI is InChI=1S/C19H26O4/c1-14(2)7-6-8-15(3)9-10-23-19-17(21-4)11-16(13-20)12-18(19)22-5/h7,9,11-13H,6,8,10H2,1-5H3/b15-9+. The number of aldehydes is 1. The van der Waals surface area contributed by atoms with Gasteiger partial charge in [-0.15, -0.1) is 0 Å². The smallest absolute Gasteiger partial charge is 0.203 e. The molecule has 1 rings (SSSR count). The van der Waals surface area contributed by atoms with Crippen molar-refractivity contribution >= 4 is 6.29 Å². The summed E-state index contributed by atoms with van der Waals surface area (Å²) < 4.78 is 16.4. The van der Waals surface area contributed by atoms with Crippen molar-refractivity contribution < 1.29 is 19.0 Å². The Labute approximate surface area is 138 Å². The molecule has 23 heavy (non-hydrogen) atoms. The zero-order valence-corrected chi connectivity index (χ0v) is 14.6. The minimum atomic E-state index is 0.424. The molecule has 0 saturated carbocycles. The Hall–Kier alpha value is -2.23. The monoisotopic (exact) mass is 318 g/mol. The highest BCUT2D eigenvalue weighted by atomic mass is 16.5. The fourth-order valence-electron chi connectivity index (χ4n) is 2.07. The van der Waals surface area contributed by atoms with E-state index in [9.17, 15) is 4.79 Å². The Morgan fingerprint density at radius 3 is 2.13 bits per heavy atom. The van der Waals surface area contributed by atoms with Crippen molar-refractivity contribution in [3.63, 3.8) is 0 Å². The van der Waals surface area contributed by atoms with Crippen molar-refractivity contribution in [1.82, 2.24) is 0 Å². The molecule has 126 valence electrons. The Morgan fingerprint density at radius 2 is 1.65 bits per heavy atom. The van der Waals surface area contributed by atoms with Crippen LogP contribution < -0.4 is 14.2 Å². The molecule has 0 bridgehead atoms. The lowest BCUT2D eigenvalue weighted by Gasteiger charge is -2.14. The van der Waals surface area contributed by atoms with E-state index in [0.717, 1.165) is 19.1 Å². The predicted octanol–water partition coefficient (Wildman–Crippen LogP) is 4.59. The molecule has 0 atom stereocenters. The van der Waals surface area contributed by atoms with Crippen molar-refractivity contribution in [2.75, 3.05) is 20.8 Å². The molecule has 0 radical (unpaired) electrons. The molecule has 0 saturated heterocycles. The molecule has 0 aliphatic heterocycles. The third-order valence-corrected chi connectivity index (χ3v) is 3.37. The topological polar surface area (TPSA) is 44.8 Å². The predicted molar refractivity (Wildman–Crippen MR) is 92.9 cm³/mol. The first-order valence-electron chi connectivity index (χ1n) is 7.64. The van der Waals surface area contributed by atoms with Crippen LogP contribution in [0.25, 0.3) is 0 Å². The molecule has 0 heterocycles. The molecule has 4 nitrogen and oxygen atoms in total. The van der Waals surface area contributed by atoms with E-state index in [-0.39, 0.29) is 0 Å². The number of carbonyl (C=O) groups is 1. The minimum absolute atomic E-state index is 0.424. The maximum atomic E-state index is 10.9. The fraction of sp³-hybridized carbons (Fsp3) is 0.421. The molecule has 0 aliphatic rings. The second-order valence-electron chi connectivity index (χ2n) is 5.55. The van der Waals surface area contributed by atoms with E-state index in [1.807, 2.05) is 6.08 Å². The zero-order chi connectivity index (χ0) is 17.2. The number of hydrogen-bond donors (Lipinski definition) is 0. The van der Waals surface area contributed by atoms with Crippen LogP contribution in [0.3, 0.4) is 0 Å². The van der Waals surface area contributed by atoms with Crippen molar-refractivity contribution in [2.45, 2.75) is 33.6 Å². The van der Waals surface area contributed by atoms with Gasteiger partial charge in [-0.3, -0.25) is 4.79 Å². The van der Waals surface area contributed by atoms with Crippen LogP contribution in [0.15, 0.2) is 35.4 Å². The highest BCUT2D eigenvalue weighted by Gasteiger charge is 2.13. The van der Waals surface area contributed by atoms with Crippen LogP contribution in [0.4, 0.5) is 0 Å². The third-order valence-electron chi connectivity index (χ3n) is 3.37. The van der Waals surface area contributed by atoms with E-state index < -0.39 is 0 Å². The zero-order valence-electron chi connectivity index (χ0n) is 14.6. The Kier molecular flexibility index (Phi) is 7.95. The number of allylic oxidation sites excluding steroid dienone is 3. The Morgan fingerprint density at radius 1 is 1.04 bits per heavy atom. The Bertz CT molecular complexity index is 556. The van der Waals surface area contributed by atoms with Crippen molar-refractivity contribution in [3.8, 4) is 17.2 Å². The van der Waals surface area contributed by atoms with Gasteiger partial charge in [-0.05, 0) is 51.8 Å². The number of benzene rings is 1. The average Bonchev–Trinajstić information content (AvgIpc) is 2.54. The molecule has 0 fully saturated rings. The molecule has 1 aromatic carbocycles. The van der Waals surface area contributed by atoms with Gasteiger partial charge in [-0.25, -0.2) is 0 Å². The highest BCUT2D eigenvalue weighted by Crippen LogP contribution is 2.38. The van der Waals surface area contributed by atoms with E-state index >= 15 is 0 Å². The summed E-state index contributed by atoms with van der Waals surface area (Å²) in [7, 11) is 3.08. The number of methoxy groups -OCH3 is 2.